The Balaban J connectivity index is 2.57. The fourth-order valence-corrected chi connectivity index (χ4v) is 2.27. The molecule has 0 atom stereocenters. The summed E-state index contributed by atoms with van der Waals surface area (Å²) in [5, 5.41) is 4.47. The Kier molecular flexibility index (Phi) is 3.74. The Morgan fingerprint density at radius 2 is 2.15 bits per heavy atom. The summed E-state index contributed by atoms with van der Waals surface area (Å²) in [4.78, 5) is 15.9. The van der Waals surface area contributed by atoms with Crippen molar-refractivity contribution in [3.63, 3.8) is 0 Å². The van der Waals surface area contributed by atoms with Crippen molar-refractivity contribution in [3.05, 3.63) is 34.8 Å². The van der Waals surface area contributed by atoms with Crippen LogP contribution in [0, 0.1) is 13.8 Å². The number of carbonyl (C=O) groups excluding carboxylic acids is 1. The Labute approximate surface area is 117 Å². The molecule has 0 saturated carbocycles. The molecule has 6 heteroatoms. The first-order chi connectivity index (χ1) is 9.49. The van der Waals surface area contributed by atoms with Gasteiger partial charge in [-0.3, -0.25) is 0 Å². The smallest absolute Gasteiger partial charge is 0.340 e. The molecule has 0 radical (unpaired) electrons. The summed E-state index contributed by atoms with van der Waals surface area (Å²) in [6.45, 7) is 6.02. The number of aryl methyl sites for hydroxylation is 1. The molecule has 2 aromatic rings. The van der Waals surface area contributed by atoms with Gasteiger partial charge in [-0.25, -0.2) is 14.5 Å². The third-order valence-electron chi connectivity index (χ3n) is 3.34. The number of nitrogens with zero attached hydrogens (tertiary/aromatic N) is 3. The van der Waals surface area contributed by atoms with Gasteiger partial charge >= 0.3 is 5.97 Å². The number of hydrogen-bond acceptors (Lipinski definition) is 5. The van der Waals surface area contributed by atoms with Crippen molar-refractivity contribution in [2.24, 2.45) is 0 Å². The summed E-state index contributed by atoms with van der Waals surface area (Å²) < 4.78 is 6.43. The van der Waals surface area contributed by atoms with Gasteiger partial charge in [-0.15, -0.1) is 0 Å². The van der Waals surface area contributed by atoms with Gasteiger partial charge in [-0.1, -0.05) is 6.92 Å². The lowest BCUT2D eigenvalue weighted by atomic mass is 10.1. The quantitative estimate of drug-likeness (QED) is 0.863. The zero-order chi connectivity index (χ0) is 14.9. The zero-order valence-corrected chi connectivity index (χ0v) is 12.1. The maximum atomic E-state index is 11.7. The van der Waals surface area contributed by atoms with E-state index in [1.54, 1.807) is 10.7 Å². The highest BCUT2D eigenvalue weighted by atomic mass is 16.5. The van der Waals surface area contributed by atoms with Crippen LogP contribution in [0.3, 0.4) is 0 Å². The second kappa shape index (κ2) is 5.32. The number of esters is 1. The number of hydrogen-bond donors (Lipinski definition) is 1. The van der Waals surface area contributed by atoms with Gasteiger partial charge in [0, 0.05) is 5.69 Å². The number of methoxy groups -OCH3 is 1. The molecule has 0 saturated heterocycles. The van der Waals surface area contributed by atoms with Crippen LogP contribution in [0.4, 0.5) is 5.69 Å². The number of rotatable bonds is 3. The summed E-state index contributed by atoms with van der Waals surface area (Å²) in [5.74, 6) is 0.0725. The molecular formula is C14H18N4O2. The predicted octanol–water partition coefficient (Wildman–Crippen LogP) is 1.82. The van der Waals surface area contributed by atoms with Crippen LogP contribution < -0.4 is 5.73 Å². The van der Waals surface area contributed by atoms with E-state index in [9.17, 15) is 4.79 Å². The summed E-state index contributed by atoms with van der Waals surface area (Å²) >= 11 is 0. The van der Waals surface area contributed by atoms with Crippen LogP contribution in [0.15, 0.2) is 12.3 Å². The van der Waals surface area contributed by atoms with Crippen LogP contribution >= 0.6 is 0 Å². The van der Waals surface area contributed by atoms with E-state index in [4.69, 9.17) is 10.5 Å². The molecule has 0 amide bonds. The molecule has 0 aliphatic carbocycles. The van der Waals surface area contributed by atoms with Crippen LogP contribution in [-0.2, 0) is 11.2 Å². The molecular weight excluding hydrogens is 256 g/mol. The molecule has 0 unspecified atom stereocenters. The minimum Gasteiger partial charge on any atom is -0.465 e. The molecule has 20 heavy (non-hydrogen) atoms. The van der Waals surface area contributed by atoms with Crippen LogP contribution in [-0.4, -0.2) is 27.8 Å². The first-order valence-corrected chi connectivity index (χ1v) is 6.38. The van der Waals surface area contributed by atoms with E-state index in [0.717, 1.165) is 17.8 Å². The van der Waals surface area contributed by atoms with E-state index < -0.39 is 5.97 Å². The molecule has 2 heterocycles. The fourth-order valence-electron chi connectivity index (χ4n) is 2.27. The number of aromatic nitrogens is 3. The highest BCUT2D eigenvalue weighted by Gasteiger charge is 2.16. The van der Waals surface area contributed by atoms with Gasteiger partial charge in [0.25, 0.3) is 0 Å². The van der Waals surface area contributed by atoms with E-state index in [-0.39, 0.29) is 5.69 Å². The van der Waals surface area contributed by atoms with Crippen LogP contribution in [0.25, 0.3) is 5.82 Å². The van der Waals surface area contributed by atoms with Gasteiger partial charge in [-0.05, 0) is 31.9 Å². The lowest BCUT2D eigenvalue weighted by Crippen LogP contribution is -2.10. The van der Waals surface area contributed by atoms with Crippen LogP contribution in [0.2, 0.25) is 0 Å². The highest BCUT2D eigenvalue weighted by Crippen LogP contribution is 2.20. The first kappa shape index (κ1) is 14.0. The van der Waals surface area contributed by atoms with Crippen molar-refractivity contribution in [2.45, 2.75) is 27.2 Å². The van der Waals surface area contributed by atoms with Crippen molar-refractivity contribution < 1.29 is 9.53 Å². The number of ether oxygens (including phenoxy) is 1. The van der Waals surface area contributed by atoms with Crippen LogP contribution in [0.5, 0.6) is 0 Å². The van der Waals surface area contributed by atoms with E-state index >= 15 is 0 Å². The van der Waals surface area contributed by atoms with E-state index in [1.807, 2.05) is 13.8 Å². The van der Waals surface area contributed by atoms with E-state index in [1.165, 1.54) is 18.9 Å². The largest absolute Gasteiger partial charge is 0.465 e. The number of nitrogens with two attached hydrogens (primary N) is 1. The standard InChI is InChI=1S/C14H18N4O2/c1-5-10-8(2)17-18(9(10)3)13-6-11(14(19)20-4)12(15)7-16-13/h6-7H,5,15H2,1-4H3. The molecule has 0 aliphatic rings. The molecule has 0 spiro atoms. The van der Waals surface area contributed by atoms with Gasteiger partial charge in [0.2, 0.25) is 0 Å². The van der Waals surface area contributed by atoms with Gasteiger partial charge in [0.15, 0.2) is 5.82 Å². The average Bonchev–Trinajstić information content (AvgIpc) is 2.73. The summed E-state index contributed by atoms with van der Waals surface area (Å²) in [5.41, 5.74) is 9.49. The molecule has 2 N–H and O–H groups in total. The summed E-state index contributed by atoms with van der Waals surface area (Å²) in [6, 6.07) is 1.60. The molecule has 2 rings (SSSR count). The molecule has 6 nitrogen and oxygen atoms in total. The van der Waals surface area contributed by atoms with Gasteiger partial charge in [0.05, 0.1) is 30.3 Å². The van der Waals surface area contributed by atoms with Gasteiger partial charge in [0.1, 0.15) is 0 Å². The molecule has 0 fully saturated rings. The molecule has 0 aliphatic heterocycles. The maximum absolute atomic E-state index is 11.7. The number of carbonyl (C=O) groups is 1. The third kappa shape index (κ3) is 2.24. The highest BCUT2D eigenvalue weighted by molar-refractivity contribution is 5.95. The SMILES string of the molecule is CCc1c(C)nn(-c2cc(C(=O)OC)c(N)cn2)c1C. The Bertz CT molecular complexity index is 661. The third-order valence-corrected chi connectivity index (χ3v) is 3.34. The Morgan fingerprint density at radius 3 is 2.70 bits per heavy atom. The molecule has 0 bridgehead atoms. The minimum atomic E-state index is -0.483. The monoisotopic (exact) mass is 274 g/mol. The van der Waals surface area contributed by atoms with Crippen molar-refractivity contribution in [1.29, 1.82) is 0 Å². The van der Waals surface area contributed by atoms with E-state index in [0.29, 0.717) is 11.4 Å². The topological polar surface area (TPSA) is 83.0 Å². The average molecular weight is 274 g/mol. The number of anilines is 1. The lowest BCUT2D eigenvalue weighted by molar-refractivity contribution is 0.0602. The van der Waals surface area contributed by atoms with E-state index in [2.05, 4.69) is 17.0 Å². The first-order valence-electron chi connectivity index (χ1n) is 6.38. The van der Waals surface area contributed by atoms with Gasteiger partial charge < -0.3 is 10.5 Å². The summed E-state index contributed by atoms with van der Waals surface area (Å²) in [7, 11) is 1.32. The van der Waals surface area contributed by atoms with Crippen molar-refractivity contribution in [1.82, 2.24) is 14.8 Å². The van der Waals surface area contributed by atoms with Crippen molar-refractivity contribution >= 4 is 11.7 Å². The minimum absolute atomic E-state index is 0.290. The zero-order valence-electron chi connectivity index (χ0n) is 12.1. The second-order valence-electron chi connectivity index (χ2n) is 4.54. The van der Waals surface area contributed by atoms with Crippen LogP contribution in [0.1, 0.15) is 34.2 Å². The molecule has 2 aromatic heterocycles. The summed E-state index contributed by atoms with van der Waals surface area (Å²) in [6.07, 6.45) is 2.35. The molecule has 106 valence electrons. The fraction of sp³-hybridized carbons (Fsp3) is 0.357. The second-order valence-corrected chi connectivity index (χ2v) is 4.54. The normalized spacial score (nSPS) is 10.6. The van der Waals surface area contributed by atoms with Gasteiger partial charge in [-0.2, -0.15) is 5.10 Å². The number of pyridine rings is 1. The van der Waals surface area contributed by atoms with Crippen molar-refractivity contribution in [3.8, 4) is 5.82 Å². The Morgan fingerprint density at radius 1 is 1.45 bits per heavy atom. The number of nitrogen functional groups attached to an aromatic ring is 1. The lowest BCUT2D eigenvalue weighted by Gasteiger charge is -2.08. The maximum Gasteiger partial charge on any atom is 0.340 e. The van der Waals surface area contributed by atoms with Crippen molar-refractivity contribution in [2.75, 3.05) is 12.8 Å². The molecule has 0 aromatic carbocycles. The Hall–Kier alpha value is -2.37. The predicted molar refractivity (Wildman–Crippen MR) is 76.0 cm³/mol.